The molecule has 0 aliphatic heterocycles. The second-order valence-electron chi connectivity index (χ2n) is 6.05. The van der Waals surface area contributed by atoms with Crippen molar-refractivity contribution in [2.45, 2.75) is 17.6 Å². The average molecular weight is 332 g/mol. The topological polar surface area (TPSA) is 17.1 Å². The Morgan fingerprint density at radius 1 is 0.667 bits per heavy atom. The number of ketones is 1. The number of carbonyl (C=O) groups excluding carboxylic acids is 1. The van der Waals surface area contributed by atoms with Gasteiger partial charge in [0.05, 0.1) is 4.75 Å². The second kappa shape index (κ2) is 7.50. The van der Waals surface area contributed by atoms with E-state index in [4.69, 9.17) is 12.6 Å². The maximum atomic E-state index is 13.2. The van der Waals surface area contributed by atoms with E-state index in [-0.39, 0.29) is 5.78 Å². The highest BCUT2D eigenvalue weighted by Gasteiger charge is 2.35. The molecule has 3 rings (SSSR count). The van der Waals surface area contributed by atoms with E-state index in [2.05, 4.69) is 0 Å². The van der Waals surface area contributed by atoms with Crippen LogP contribution in [0.5, 0.6) is 0 Å². The summed E-state index contributed by atoms with van der Waals surface area (Å²) in [5.41, 5.74) is 2.94. The molecule has 0 aromatic heterocycles. The number of Topliss-reactive ketones (excluding diaryl/α,β-unsaturated/α-hetero) is 1. The van der Waals surface area contributed by atoms with Crippen molar-refractivity contribution in [3.05, 3.63) is 108 Å². The van der Waals surface area contributed by atoms with Gasteiger partial charge in [0.2, 0.25) is 0 Å². The minimum atomic E-state index is -0.774. The Morgan fingerprint density at radius 2 is 1.04 bits per heavy atom. The largest absolute Gasteiger partial charge is 0.293 e. The third kappa shape index (κ3) is 3.95. The van der Waals surface area contributed by atoms with Gasteiger partial charge >= 0.3 is 0 Å². The fraction of sp³-hybridized carbons (Fsp3) is 0.136. The van der Waals surface area contributed by atoms with Gasteiger partial charge in [-0.25, -0.2) is 0 Å². The first kappa shape index (κ1) is 16.5. The Morgan fingerprint density at radius 3 is 1.46 bits per heavy atom. The van der Waals surface area contributed by atoms with E-state index in [0.29, 0.717) is 18.4 Å². The lowest BCUT2D eigenvalue weighted by Gasteiger charge is -2.28. The summed E-state index contributed by atoms with van der Waals surface area (Å²) in [6.07, 6.45) is 1.19. The van der Waals surface area contributed by atoms with Crippen LogP contribution in [0.1, 0.15) is 21.5 Å². The van der Waals surface area contributed by atoms with E-state index in [1.165, 1.54) is 0 Å². The minimum Gasteiger partial charge on any atom is -0.293 e. The zero-order chi connectivity index (χ0) is 16.8. The predicted octanol–water partition coefficient (Wildman–Crippen LogP) is 5.02. The molecule has 0 atom stereocenters. The number of hydrogen-bond acceptors (Lipinski definition) is 2. The van der Waals surface area contributed by atoms with Crippen molar-refractivity contribution in [2.24, 2.45) is 0 Å². The summed E-state index contributed by atoms with van der Waals surface area (Å²) in [5.74, 6) is 0.0686. The molecule has 0 unspecified atom stereocenters. The van der Waals surface area contributed by atoms with Crippen LogP contribution in [0.15, 0.2) is 91.0 Å². The maximum absolute atomic E-state index is 13.2. The number of benzene rings is 3. The summed E-state index contributed by atoms with van der Waals surface area (Å²) >= 11 is 4.90. The molecule has 0 aliphatic rings. The molecule has 0 bridgehead atoms. The van der Waals surface area contributed by atoms with E-state index in [9.17, 15) is 4.79 Å². The molecule has 0 aliphatic carbocycles. The second-order valence-corrected chi connectivity index (χ2v) is 6.91. The number of carbonyl (C=O) groups is 1. The van der Waals surface area contributed by atoms with Gasteiger partial charge in [0.25, 0.3) is 0 Å². The molecule has 120 valence electrons. The number of thiol groups is 1. The molecule has 0 fully saturated rings. The molecule has 1 nitrogen and oxygen atoms in total. The summed E-state index contributed by atoms with van der Waals surface area (Å²) in [5, 5.41) is 0. The SMILES string of the molecule is O=C(c1ccccc1)C(S)(Cc1ccccc1)Cc1ccccc1. The van der Waals surface area contributed by atoms with Gasteiger partial charge in [-0.15, -0.1) is 0 Å². The monoisotopic (exact) mass is 332 g/mol. The standard InChI is InChI=1S/C22H20OS/c23-21(20-14-8-3-9-15-20)22(24,16-18-10-4-1-5-11-18)17-19-12-6-2-7-13-19/h1-15,24H,16-17H2. The Balaban J connectivity index is 1.95. The zero-order valence-corrected chi connectivity index (χ0v) is 14.3. The molecule has 24 heavy (non-hydrogen) atoms. The van der Waals surface area contributed by atoms with Crippen molar-refractivity contribution < 1.29 is 4.79 Å². The molecule has 0 spiro atoms. The van der Waals surface area contributed by atoms with Gasteiger partial charge in [-0.2, -0.15) is 12.6 Å². The summed E-state index contributed by atoms with van der Waals surface area (Å²) < 4.78 is -0.774. The van der Waals surface area contributed by atoms with Crippen LogP contribution in [0.3, 0.4) is 0 Å². The Labute approximate surface area is 148 Å². The smallest absolute Gasteiger partial charge is 0.179 e. The molecular formula is C22H20OS. The summed E-state index contributed by atoms with van der Waals surface area (Å²) in [7, 11) is 0. The van der Waals surface area contributed by atoms with E-state index in [1.807, 2.05) is 91.0 Å². The van der Waals surface area contributed by atoms with E-state index in [0.717, 1.165) is 11.1 Å². The maximum Gasteiger partial charge on any atom is 0.179 e. The van der Waals surface area contributed by atoms with Crippen LogP contribution in [-0.4, -0.2) is 10.5 Å². The molecule has 3 aromatic rings. The van der Waals surface area contributed by atoms with Crippen LogP contribution >= 0.6 is 12.6 Å². The normalized spacial score (nSPS) is 11.2. The Hall–Kier alpha value is -2.32. The van der Waals surface area contributed by atoms with Crippen LogP contribution in [0.25, 0.3) is 0 Å². The van der Waals surface area contributed by atoms with Crippen molar-refractivity contribution in [3.63, 3.8) is 0 Å². The van der Waals surface area contributed by atoms with Gasteiger partial charge in [0.1, 0.15) is 0 Å². The summed E-state index contributed by atoms with van der Waals surface area (Å²) in [4.78, 5) is 13.2. The molecule has 2 heteroatoms. The van der Waals surface area contributed by atoms with Gasteiger partial charge in [-0.1, -0.05) is 91.0 Å². The molecule has 0 heterocycles. The van der Waals surface area contributed by atoms with Gasteiger partial charge in [-0.05, 0) is 24.0 Å². The highest BCUT2D eigenvalue weighted by Crippen LogP contribution is 2.30. The van der Waals surface area contributed by atoms with Crippen LogP contribution in [-0.2, 0) is 12.8 Å². The number of rotatable bonds is 6. The lowest BCUT2D eigenvalue weighted by atomic mass is 9.85. The molecule has 3 aromatic carbocycles. The van der Waals surface area contributed by atoms with Gasteiger partial charge < -0.3 is 0 Å². The molecule has 0 amide bonds. The molecule has 0 saturated heterocycles. The van der Waals surface area contributed by atoms with Crippen molar-refractivity contribution in [3.8, 4) is 0 Å². The Bertz CT molecular complexity index is 740. The van der Waals surface area contributed by atoms with Gasteiger partial charge in [-0.3, -0.25) is 4.79 Å². The van der Waals surface area contributed by atoms with Crippen LogP contribution in [0.4, 0.5) is 0 Å². The zero-order valence-electron chi connectivity index (χ0n) is 13.4. The molecule has 0 radical (unpaired) electrons. The van der Waals surface area contributed by atoms with E-state index in [1.54, 1.807) is 0 Å². The fourth-order valence-electron chi connectivity index (χ4n) is 2.95. The highest BCUT2D eigenvalue weighted by molar-refractivity contribution is 7.82. The third-order valence-corrected chi connectivity index (χ3v) is 4.66. The van der Waals surface area contributed by atoms with Crippen LogP contribution in [0, 0.1) is 0 Å². The van der Waals surface area contributed by atoms with Crippen molar-refractivity contribution in [1.82, 2.24) is 0 Å². The average Bonchev–Trinajstić information content (AvgIpc) is 2.63. The van der Waals surface area contributed by atoms with Gasteiger partial charge in [0, 0.05) is 5.56 Å². The predicted molar refractivity (Wildman–Crippen MR) is 103 cm³/mol. The van der Waals surface area contributed by atoms with Gasteiger partial charge in [0.15, 0.2) is 5.78 Å². The summed E-state index contributed by atoms with van der Waals surface area (Å²) in [6, 6.07) is 29.6. The third-order valence-electron chi connectivity index (χ3n) is 4.14. The quantitative estimate of drug-likeness (QED) is 0.495. The van der Waals surface area contributed by atoms with Crippen LogP contribution in [0.2, 0.25) is 0 Å². The Kier molecular flexibility index (Phi) is 5.17. The van der Waals surface area contributed by atoms with Crippen LogP contribution < -0.4 is 0 Å². The fourth-order valence-corrected chi connectivity index (χ4v) is 3.44. The van der Waals surface area contributed by atoms with Crippen molar-refractivity contribution in [2.75, 3.05) is 0 Å². The molecule has 0 saturated carbocycles. The minimum absolute atomic E-state index is 0.0686. The summed E-state index contributed by atoms with van der Waals surface area (Å²) in [6.45, 7) is 0. The first-order valence-electron chi connectivity index (χ1n) is 8.07. The number of hydrogen-bond donors (Lipinski definition) is 1. The lowest BCUT2D eigenvalue weighted by molar-refractivity contribution is 0.0942. The van der Waals surface area contributed by atoms with E-state index >= 15 is 0 Å². The lowest BCUT2D eigenvalue weighted by Crippen LogP contribution is -2.37. The first-order valence-corrected chi connectivity index (χ1v) is 8.52. The van der Waals surface area contributed by atoms with Crippen molar-refractivity contribution >= 4 is 18.4 Å². The molecule has 0 N–H and O–H groups in total. The van der Waals surface area contributed by atoms with E-state index < -0.39 is 4.75 Å². The molecular weight excluding hydrogens is 312 g/mol. The first-order chi connectivity index (χ1) is 11.7. The highest BCUT2D eigenvalue weighted by atomic mass is 32.1. The van der Waals surface area contributed by atoms with Crippen molar-refractivity contribution in [1.29, 1.82) is 0 Å².